The van der Waals surface area contributed by atoms with Gasteiger partial charge in [-0.3, -0.25) is 0 Å². The van der Waals surface area contributed by atoms with Gasteiger partial charge in [0.1, 0.15) is 12.4 Å². The number of morpholine rings is 1. The van der Waals surface area contributed by atoms with Gasteiger partial charge in [0.2, 0.25) is 0 Å². The quantitative estimate of drug-likeness (QED) is 0.754. The smallest absolute Gasteiger partial charge is 0.322 e. The van der Waals surface area contributed by atoms with Gasteiger partial charge in [-0.05, 0) is 18.2 Å². The highest BCUT2D eigenvalue weighted by atomic mass is 19.1. The second-order valence-corrected chi connectivity index (χ2v) is 4.18. The predicted octanol–water partition coefficient (Wildman–Crippen LogP) is 1.03. The SMILES string of the molecule is O=C(Nc1ccc(F)cc1C#CCO)N1CCOCC1. The molecule has 1 heterocycles. The number of ether oxygens (including phenoxy) is 1. The highest BCUT2D eigenvalue weighted by Crippen LogP contribution is 2.17. The third kappa shape index (κ3) is 3.70. The summed E-state index contributed by atoms with van der Waals surface area (Å²) >= 11 is 0. The van der Waals surface area contributed by atoms with Crippen LogP contribution in [0.15, 0.2) is 18.2 Å². The Labute approximate surface area is 116 Å². The van der Waals surface area contributed by atoms with Crippen LogP contribution in [0, 0.1) is 17.7 Å². The number of hydrogen-bond donors (Lipinski definition) is 2. The van der Waals surface area contributed by atoms with Gasteiger partial charge >= 0.3 is 6.03 Å². The number of nitrogens with one attached hydrogen (secondary N) is 1. The number of rotatable bonds is 1. The van der Waals surface area contributed by atoms with Crippen molar-refractivity contribution >= 4 is 11.7 Å². The predicted molar refractivity (Wildman–Crippen MR) is 71.8 cm³/mol. The summed E-state index contributed by atoms with van der Waals surface area (Å²) in [5.74, 6) is 4.61. The standard InChI is InChI=1S/C14H15FN2O3/c15-12-3-4-13(11(10-12)2-1-7-18)16-14(19)17-5-8-20-9-6-17/h3-4,10,18H,5-9H2,(H,16,19). The fourth-order valence-electron chi connectivity index (χ4n) is 1.82. The maximum atomic E-state index is 13.2. The third-order valence-electron chi connectivity index (χ3n) is 2.82. The zero-order valence-corrected chi connectivity index (χ0v) is 10.9. The lowest BCUT2D eigenvalue weighted by molar-refractivity contribution is 0.0564. The Hall–Kier alpha value is -2.10. The first-order chi connectivity index (χ1) is 9.70. The van der Waals surface area contributed by atoms with Gasteiger partial charge < -0.3 is 20.1 Å². The highest BCUT2D eigenvalue weighted by molar-refractivity contribution is 5.91. The fourth-order valence-corrected chi connectivity index (χ4v) is 1.82. The summed E-state index contributed by atoms with van der Waals surface area (Å²) in [6.45, 7) is 1.73. The molecule has 5 nitrogen and oxygen atoms in total. The van der Waals surface area contributed by atoms with Crippen LogP contribution >= 0.6 is 0 Å². The first kappa shape index (κ1) is 14.3. The molecule has 1 saturated heterocycles. The van der Waals surface area contributed by atoms with Crippen molar-refractivity contribution in [1.29, 1.82) is 0 Å². The van der Waals surface area contributed by atoms with Crippen molar-refractivity contribution in [2.24, 2.45) is 0 Å². The summed E-state index contributed by atoms with van der Waals surface area (Å²) in [6.07, 6.45) is 0. The van der Waals surface area contributed by atoms with E-state index in [0.29, 0.717) is 37.6 Å². The Morgan fingerprint density at radius 1 is 1.45 bits per heavy atom. The van der Waals surface area contributed by atoms with Crippen LogP contribution in [0.1, 0.15) is 5.56 Å². The van der Waals surface area contributed by atoms with E-state index in [2.05, 4.69) is 17.2 Å². The molecule has 2 amide bonds. The third-order valence-corrected chi connectivity index (χ3v) is 2.82. The van der Waals surface area contributed by atoms with Gasteiger partial charge in [-0.1, -0.05) is 11.8 Å². The van der Waals surface area contributed by atoms with Crippen molar-refractivity contribution in [1.82, 2.24) is 4.90 Å². The molecular formula is C14H15FN2O3. The Balaban J connectivity index is 2.13. The van der Waals surface area contributed by atoms with Gasteiger partial charge in [0.25, 0.3) is 0 Å². The summed E-state index contributed by atoms with van der Waals surface area (Å²) in [7, 11) is 0. The van der Waals surface area contributed by atoms with E-state index in [1.54, 1.807) is 4.90 Å². The Kier molecular flexibility index (Phi) is 4.93. The summed E-state index contributed by atoms with van der Waals surface area (Å²) in [4.78, 5) is 13.7. The maximum Gasteiger partial charge on any atom is 0.322 e. The Bertz CT molecular complexity index is 545. The van der Waals surface area contributed by atoms with Crippen molar-refractivity contribution < 1.29 is 19.0 Å². The van der Waals surface area contributed by atoms with Crippen LogP contribution in [0.3, 0.4) is 0 Å². The lowest BCUT2D eigenvalue weighted by atomic mass is 10.1. The van der Waals surface area contributed by atoms with E-state index < -0.39 is 5.82 Å². The first-order valence-corrected chi connectivity index (χ1v) is 6.23. The maximum absolute atomic E-state index is 13.2. The molecule has 0 saturated carbocycles. The van der Waals surface area contributed by atoms with Gasteiger partial charge in [0.05, 0.1) is 24.5 Å². The minimum absolute atomic E-state index is 0.271. The van der Waals surface area contributed by atoms with Crippen LogP contribution < -0.4 is 5.32 Å². The van der Waals surface area contributed by atoms with Crippen LogP contribution in [0.2, 0.25) is 0 Å². The summed E-state index contributed by atoms with van der Waals surface area (Å²) in [5.41, 5.74) is 0.754. The number of aliphatic hydroxyl groups is 1. The zero-order chi connectivity index (χ0) is 14.4. The molecule has 20 heavy (non-hydrogen) atoms. The first-order valence-electron chi connectivity index (χ1n) is 6.23. The molecule has 106 valence electrons. The van der Waals surface area contributed by atoms with Crippen molar-refractivity contribution in [3.8, 4) is 11.8 Å². The summed E-state index contributed by atoms with van der Waals surface area (Å²) in [5, 5.41) is 11.4. The van der Waals surface area contributed by atoms with Gasteiger partial charge in [-0.15, -0.1) is 0 Å². The van der Waals surface area contributed by atoms with Gasteiger partial charge in [0, 0.05) is 13.1 Å². The van der Waals surface area contributed by atoms with Crippen molar-refractivity contribution in [2.45, 2.75) is 0 Å². The number of benzene rings is 1. The number of halogens is 1. The molecule has 6 heteroatoms. The topological polar surface area (TPSA) is 61.8 Å². The number of anilines is 1. The average molecular weight is 278 g/mol. The molecule has 0 bridgehead atoms. The van der Waals surface area contributed by atoms with Crippen LogP contribution in [0.25, 0.3) is 0 Å². The van der Waals surface area contributed by atoms with E-state index in [0.717, 1.165) is 0 Å². The molecule has 1 aliphatic rings. The van der Waals surface area contributed by atoms with E-state index >= 15 is 0 Å². The molecule has 1 aromatic rings. The number of nitrogens with zero attached hydrogens (tertiary/aromatic N) is 1. The van der Waals surface area contributed by atoms with Gasteiger partial charge in [0.15, 0.2) is 0 Å². The average Bonchev–Trinajstić information content (AvgIpc) is 2.48. The molecule has 1 fully saturated rings. The molecule has 1 aromatic carbocycles. The van der Waals surface area contributed by atoms with Gasteiger partial charge in [-0.2, -0.15) is 0 Å². The monoisotopic (exact) mass is 278 g/mol. The second kappa shape index (κ2) is 6.89. The largest absolute Gasteiger partial charge is 0.384 e. The molecule has 0 unspecified atom stereocenters. The normalized spacial score (nSPS) is 14.4. The number of urea groups is 1. The zero-order valence-electron chi connectivity index (χ0n) is 10.9. The number of aliphatic hydroxyl groups excluding tert-OH is 1. The number of amides is 2. The van der Waals surface area contributed by atoms with Crippen LogP contribution in [0.4, 0.5) is 14.9 Å². The molecule has 0 spiro atoms. The van der Waals surface area contributed by atoms with Crippen molar-refractivity contribution in [3.05, 3.63) is 29.6 Å². The summed E-state index contributed by atoms with van der Waals surface area (Å²) < 4.78 is 18.4. The second-order valence-electron chi connectivity index (χ2n) is 4.18. The molecule has 2 N–H and O–H groups in total. The molecule has 0 aliphatic carbocycles. The lowest BCUT2D eigenvalue weighted by Crippen LogP contribution is -2.43. The Morgan fingerprint density at radius 3 is 2.90 bits per heavy atom. The van der Waals surface area contributed by atoms with E-state index in [-0.39, 0.29) is 12.6 Å². The van der Waals surface area contributed by atoms with Crippen LogP contribution in [-0.2, 0) is 4.74 Å². The molecule has 0 aromatic heterocycles. The number of carbonyl (C=O) groups excluding carboxylic acids is 1. The van der Waals surface area contributed by atoms with E-state index in [1.807, 2.05) is 0 Å². The Morgan fingerprint density at radius 2 is 2.20 bits per heavy atom. The minimum atomic E-state index is -0.448. The molecular weight excluding hydrogens is 263 g/mol. The molecule has 2 rings (SSSR count). The molecule has 0 radical (unpaired) electrons. The lowest BCUT2D eigenvalue weighted by Gasteiger charge is -2.27. The fraction of sp³-hybridized carbons (Fsp3) is 0.357. The molecule has 1 aliphatic heterocycles. The minimum Gasteiger partial charge on any atom is -0.384 e. The summed E-state index contributed by atoms with van der Waals surface area (Å²) in [6, 6.07) is 3.65. The van der Waals surface area contributed by atoms with Gasteiger partial charge in [-0.25, -0.2) is 9.18 Å². The highest BCUT2D eigenvalue weighted by Gasteiger charge is 2.17. The molecule has 0 atom stereocenters. The van der Waals surface area contributed by atoms with Crippen LogP contribution in [-0.4, -0.2) is 48.9 Å². The van der Waals surface area contributed by atoms with E-state index in [4.69, 9.17) is 9.84 Å². The van der Waals surface area contributed by atoms with E-state index in [9.17, 15) is 9.18 Å². The van der Waals surface area contributed by atoms with Crippen molar-refractivity contribution in [2.75, 3.05) is 38.2 Å². The van der Waals surface area contributed by atoms with Crippen LogP contribution in [0.5, 0.6) is 0 Å². The number of carbonyl (C=O) groups is 1. The number of hydrogen-bond acceptors (Lipinski definition) is 3. The van der Waals surface area contributed by atoms with Crippen molar-refractivity contribution in [3.63, 3.8) is 0 Å². The van der Waals surface area contributed by atoms with E-state index in [1.165, 1.54) is 18.2 Å².